The molecule has 1 aromatic carbocycles. The van der Waals surface area contributed by atoms with Crippen LogP contribution in [0.25, 0.3) is 0 Å². The highest BCUT2D eigenvalue weighted by atomic mass is 33.1. The van der Waals surface area contributed by atoms with Crippen molar-refractivity contribution in [2.24, 2.45) is 14.6 Å². The molecule has 0 aliphatic carbocycles. The smallest absolute Gasteiger partial charge is 0.163 e. The van der Waals surface area contributed by atoms with E-state index in [2.05, 4.69) is 14.6 Å². The Morgan fingerprint density at radius 3 is 2.86 bits per heavy atom. The Bertz CT molecular complexity index is 337. The molecule has 0 aromatic heterocycles. The van der Waals surface area contributed by atoms with Crippen LogP contribution in [0.5, 0.6) is 0 Å². The number of azo groups is 1. The molecule has 1 aliphatic heterocycles. The Morgan fingerprint density at radius 2 is 2.14 bits per heavy atom. The summed E-state index contributed by atoms with van der Waals surface area (Å²) in [6.45, 7) is 0.649. The van der Waals surface area contributed by atoms with Gasteiger partial charge in [0.2, 0.25) is 0 Å². The lowest BCUT2D eigenvalue weighted by molar-refractivity contribution is 0.899. The molecule has 2 rings (SSSR count). The first-order valence-electron chi connectivity index (χ1n) is 4.22. The SMILES string of the molecule is C1=NSSC1N=NCc1ccccc1. The first kappa shape index (κ1) is 9.73. The molecular formula is C9H9N3S2. The van der Waals surface area contributed by atoms with E-state index < -0.39 is 0 Å². The molecule has 0 amide bonds. The average molecular weight is 223 g/mol. The van der Waals surface area contributed by atoms with Crippen LogP contribution in [0.1, 0.15) is 5.56 Å². The molecule has 1 aromatic rings. The van der Waals surface area contributed by atoms with Crippen LogP contribution in [0.2, 0.25) is 0 Å². The van der Waals surface area contributed by atoms with Gasteiger partial charge in [0.15, 0.2) is 5.37 Å². The molecule has 0 radical (unpaired) electrons. The number of hydrogen-bond acceptors (Lipinski definition) is 5. The highest BCUT2D eigenvalue weighted by molar-refractivity contribution is 8.77. The number of benzene rings is 1. The lowest BCUT2D eigenvalue weighted by Crippen LogP contribution is -1.92. The van der Waals surface area contributed by atoms with Gasteiger partial charge in [0.25, 0.3) is 0 Å². The standard InChI is InChI=1S/C9H9N3S2/c1-2-4-8(5-3-1)6-10-12-9-7-11-14-13-9/h1-5,7,9H,6H2. The molecule has 0 N–H and O–H groups in total. The van der Waals surface area contributed by atoms with Crippen molar-refractivity contribution in [3.63, 3.8) is 0 Å². The summed E-state index contributed by atoms with van der Waals surface area (Å²) < 4.78 is 3.99. The molecule has 0 bridgehead atoms. The number of nitrogens with zero attached hydrogens (tertiary/aromatic N) is 3. The third kappa shape index (κ3) is 2.85. The Morgan fingerprint density at radius 1 is 1.29 bits per heavy atom. The predicted octanol–water partition coefficient (Wildman–Crippen LogP) is 3.35. The molecule has 0 fully saturated rings. The second-order valence-corrected chi connectivity index (χ2v) is 4.78. The minimum absolute atomic E-state index is 0.101. The van der Waals surface area contributed by atoms with Crippen LogP contribution in [0.15, 0.2) is 45.0 Å². The summed E-state index contributed by atoms with van der Waals surface area (Å²) >= 11 is 0. The predicted molar refractivity (Wildman–Crippen MR) is 62.5 cm³/mol. The van der Waals surface area contributed by atoms with Crippen LogP contribution in [0, 0.1) is 0 Å². The fraction of sp³-hybridized carbons (Fsp3) is 0.222. The van der Waals surface area contributed by atoms with Gasteiger partial charge in [-0.15, -0.1) is 0 Å². The maximum Gasteiger partial charge on any atom is 0.163 e. The Hall–Kier alpha value is -0.810. The lowest BCUT2D eigenvalue weighted by atomic mass is 10.2. The van der Waals surface area contributed by atoms with Gasteiger partial charge in [-0.25, -0.2) is 4.40 Å². The van der Waals surface area contributed by atoms with Gasteiger partial charge in [0, 0.05) is 11.0 Å². The van der Waals surface area contributed by atoms with E-state index in [0.29, 0.717) is 6.54 Å². The molecule has 5 heteroatoms. The summed E-state index contributed by atoms with van der Waals surface area (Å²) in [5.41, 5.74) is 1.18. The first-order valence-corrected chi connectivity index (χ1v) is 6.39. The zero-order chi connectivity index (χ0) is 9.64. The molecule has 14 heavy (non-hydrogen) atoms. The van der Waals surface area contributed by atoms with Gasteiger partial charge in [-0.05, 0) is 16.4 Å². The van der Waals surface area contributed by atoms with E-state index in [9.17, 15) is 0 Å². The van der Waals surface area contributed by atoms with E-state index in [-0.39, 0.29) is 5.37 Å². The zero-order valence-corrected chi connectivity index (χ0v) is 9.04. The van der Waals surface area contributed by atoms with E-state index in [1.807, 2.05) is 36.5 Å². The highest BCUT2D eigenvalue weighted by Crippen LogP contribution is 2.33. The second-order valence-electron chi connectivity index (χ2n) is 2.72. The molecule has 1 heterocycles. The fourth-order valence-corrected chi connectivity index (χ4v) is 2.43. The summed E-state index contributed by atoms with van der Waals surface area (Å²) in [5, 5.41) is 8.36. The Kier molecular flexibility index (Phi) is 3.59. The maximum atomic E-state index is 4.14. The number of rotatable bonds is 3. The van der Waals surface area contributed by atoms with Gasteiger partial charge in [0.1, 0.15) is 0 Å². The van der Waals surface area contributed by atoms with Gasteiger partial charge >= 0.3 is 0 Å². The van der Waals surface area contributed by atoms with E-state index in [4.69, 9.17) is 0 Å². The van der Waals surface area contributed by atoms with Crippen molar-refractivity contribution >= 4 is 28.0 Å². The van der Waals surface area contributed by atoms with Gasteiger partial charge in [-0.1, -0.05) is 30.3 Å². The van der Waals surface area contributed by atoms with Crippen LogP contribution >= 0.6 is 21.8 Å². The topological polar surface area (TPSA) is 37.1 Å². The van der Waals surface area contributed by atoms with Crippen molar-refractivity contribution in [3.8, 4) is 0 Å². The van der Waals surface area contributed by atoms with Crippen LogP contribution < -0.4 is 0 Å². The van der Waals surface area contributed by atoms with Crippen molar-refractivity contribution in [2.45, 2.75) is 11.9 Å². The summed E-state index contributed by atoms with van der Waals surface area (Å²) in [6, 6.07) is 10.1. The van der Waals surface area contributed by atoms with Crippen molar-refractivity contribution in [1.82, 2.24) is 0 Å². The molecule has 1 unspecified atom stereocenters. The monoisotopic (exact) mass is 223 g/mol. The molecule has 3 nitrogen and oxygen atoms in total. The largest absolute Gasteiger partial charge is 0.214 e. The molecule has 72 valence electrons. The van der Waals surface area contributed by atoms with Crippen LogP contribution in [-0.4, -0.2) is 11.6 Å². The summed E-state index contributed by atoms with van der Waals surface area (Å²) in [4.78, 5) is 0. The van der Waals surface area contributed by atoms with E-state index >= 15 is 0 Å². The van der Waals surface area contributed by atoms with Gasteiger partial charge in [-0.3, -0.25) is 0 Å². The van der Waals surface area contributed by atoms with Crippen LogP contribution in [0.3, 0.4) is 0 Å². The van der Waals surface area contributed by atoms with Crippen LogP contribution in [-0.2, 0) is 6.54 Å². The Labute approximate surface area is 90.6 Å². The molecule has 0 saturated heterocycles. The van der Waals surface area contributed by atoms with Crippen molar-refractivity contribution in [2.75, 3.05) is 0 Å². The zero-order valence-electron chi connectivity index (χ0n) is 7.41. The molecule has 1 aliphatic rings. The lowest BCUT2D eigenvalue weighted by Gasteiger charge is -1.95. The van der Waals surface area contributed by atoms with Gasteiger partial charge in [-0.2, -0.15) is 10.2 Å². The molecule has 1 atom stereocenters. The van der Waals surface area contributed by atoms with E-state index in [1.165, 1.54) is 16.5 Å². The number of hydrogen-bond donors (Lipinski definition) is 0. The summed E-state index contributed by atoms with van der Waals surface area (Å²) in [5.74, 6) is 0. The van der Waals surface area contributed by atoms with Gasteiger partial charge in [0.05, 0.1) is 12.8 Å². The van der Waals surface area contributed by atoms with Crippen molar-refractivity contribution in [1.29, 1.82) is 0 Å². The third-order valence-corrected chi connectivity index (χ3v) is 3.48. The Balaban J connectivity index is 1.85. The summed E-state index contributed by atoms with van der Waals surface area (Å²) in [6.07, 6.45) is 1.81. The van der Waals surface area contributed by atoms with E-state index in [1.54, 1.807) is 10.8 Å². The second kappa shape index (κ2) is 5.17. The van der Waals surface area contributed by atoms with Crippen LogP contribution in [0.4, 0.5) is 0 Å². The third-order valence-electron chi connectivity index (χ3n) is 1.66. The van der Waals surface area contributed by atoms with Crippen molar-refractivity contribution < 1.29 is 0 Å². The maximum absolute atomic E-state index is 4.14. The average Bonchev–Trinajstić information content (AvgIpc) is 2.72. The molecule has 0 spiro atoms. The van der Waals surface area contributed by atoms with Crippen molar-refractivity contribution in [3.05, 3.63) is 35.9 Å². The fourth-order valence-electron chi connectivity index (χ4n) is 1.01. The normalized spacial score (nSPS) is 20.7. The minimum atomic E-state index is 0.101. The molecular weight excluding hydrogens is 214 g/mol. The first-order chi connectivity index (χ1) is 6.95. The van der Waals surface area contributed by atoms with Gasteiger partial charge < -0.3 is 0 Å². The summed E-state index contributed by atoms with van der Waals surface area (Å²) in [7, 11) is 3.07. The molecule has 0 saturated carbocycles. The minimum Gasteiger partial charge on any atom is -0.214 e. The van der Waals surface area contributed by atoms with E-state index in [0.717, 1.165) is 0 Å². The quantitative estimate of drug-likeness (QED) is 0.447. The highest BCUT2D eigenvalue weighted by Gasteiger charge is 2.09.